The zero-order valence-corrected chi connectivity index (χ0v) is 8.59. The number of hydrogen-bond acceptors (Lipinski definition) is 2. The van der Waals surface area contributed by atoms with Gasteiger partial charge in [0.2, 0.25) is 0 Å². The maximum absolute atomic E-state index is 11.5. The van der Waals surface area contributed by atoms with Crippen molar-refractivity contribution in [1.82, 2.24) is 0 Å². The topological polar surface area (TPSA) is 43.1 Å². The molecule has 0 spiro atoms. The van der Waals surface area contributed by atoms with Crippen molar-refractivity contribution in [2.24, 2.45) is 17.6 Å². The van der Waals surface area contributed by atoms with Gasteiger partial charge in [0.25, 0.3) is 0 Å². The maximum atomic E-state index is 11.5. The molecule has 1 fully saturated rings. The lowest BCUT2D eigenvalue weighted by molar-refractivity contribution is -0.120. The molecular weight excluding hydrogens is 162 g/mol. The largest absolute Gasteiger partial charge is 0.330 e. The first kappa shape index (κ1) is 10.7. The molecule has 0 aliphatic heterocycles. The number of Topliss-reactive ketones (excluding diaryl/α,β-unsaturated/α-hetero) is 1. The van der Waals surface area contributed by atoms with Gasteiger partial charge in [-0.2, -0.15) is 0 Å². The molecule has 76 valence electrons. The van der Waals surface area contributed by atoms with Crippen LogP contribution in [-0.4, -0.2) is 12.3 Å². The first-order chi connectivity index (χ1) is 6.22. The first-order valence-electron chi connectivity index (χ1n) is 5.44. The highest BCUT2D eigenvalue weighted by Gasteiger charge is 2.18. The smallest absolute Gasteiger partial charge is 0.133 e. The van der Waals surface area contributed by atoms with E-state index in [2.05, 4.69) is 0 Å². The Labute approximate surface area is 80.9 Å². The van der Waals surface area contributed by atoms with Gasteiger partial charge >= 0.3 is 0 Å². The number of rotatable bonds is 5. The SMILES string of the molecule is CC(CN)CC(=O)CC1CCCC1. The van der Waals surface area contributed by atoms with Gasteiger partial charge in [-0.25, -0.2) is 0 Å². The highest BCUT2D eigenvalue weighted by molar-refractivity contribution is 5.78. The number of ketones is 1. The van der Waals surface area contributed by atoms with E-state index in [1.54, 1.807) is 0 Å². The monoisotopic (exact) mass is 183 g/mol. The molecular formula is C11H21NO. The Balaban J connectivity index is 2.16. The third kappa shape index (κ3) is 3.90. The van der Waals surface area contributed by atoms with Crippen LogP contribution in [0.2, 0.25) is 0 Å². The minimum atomic E-state index is 0.369. The van der Waals surface area contributed by atoms with E-state index in [1.165, 1.54) is 25.7 Å². The lowest BCUT2D eigenvalue weighted by Gasteiger charge is -2.10. The Morgan fingerprint density at radius 3 is 2.62 bits per heavy atom. The zero-order valence-electron chi connectivity index (χ0n) is 8.59. The van der Waals surface area contributed by atoms with Crippen LogP contribution in [0, 0.1) is 11.8 Å². The van der Waals surface area contributed by atoms with E-state index in [9.17, 15) is 4.79 Å². The van der Waals surface area contributed by atoms with Crippen LogP contribution in [0.3, 0.4) is 0 Å². The fourth-order valence-electron chi connectivity index (χ4n) is 2.09. The fraction of sp³-hybridized carbons (Fsp3) is 0.909. The van der Waals surface area contributed by atoms with Crippen LogP contribution < -0.4 is 5.73 Å². The average Bonchev–Trinajstić information content (AvgIpc) is 2.56. The summed E-state index contributed by atoms with van der Waals surface area (Å²) in [5.74, 6) is 1.48. The summed E-state index contributed by atoms with van der Waals surface area (Å²) >= 11 is 0. The van der Waals surface area contributed by atoms with Gasteiger partial charge in [0, 0.05) is 12.8 Å². The number of carbonyl (C=O) groups excluding carboxylic acids is 1. The normalized spacial score (nSPS) is 20.5. The van der Waals surface area contributed by atoms with E-state index in [1.807, 2.05) is 6.92 Å². The van der Waals surface area contributed by atoms with Gasteiger partial charge in [0.1, 0.15) is 5.78 Å². The predicted molar refractivity (Wildman–Crippen MR) is 54.4 cm³/mol. The van der Waals surface area contributed by atoms with Crippen molar-refractivity contribution in [3.8, 4) is 0 Å². The molecule has 1 atom stereocenters. The molecule has 2 heteroatoms. The summed E-state index contributed by atoms with van der Waals surface area (Å²) in [4.78, 5) is 11.5. The van der Waals surface area contributed by atoms with E-state index >= 15 is 0 Å². The Morgan fingerprint density at radius 2 is 2.08 bits per heavy atom. The van der Waals surface area contributed by atoms with E-state index in [0.717, 1.165) is 6.42 Å². The molecule has 1 saturated carbocycles. The molecule has 0 heterocycles. The Bertz CT molecular complexity index is 161. The highest BCUT2D eigenvalue weighted by atomic mass is 16.1. The molecule has 0 bridgehead atoms. The molecule has 0 radical (unpaired) electrons. The minimum absolute atomic E-state index is 0.369. The summed E-state index contributed by atoms with van der Waals surface area (Å²) in [7, 11) is 0. The van der Waals surface area contributed by atoms with Gasteiger partial charge in [0.15, 0.2) is 0 Å². The molecule has 2 nitrogen and oxygen atoms in total. The second-order valence-corrected chi connectivity index (χ2v) is 4.44. The lowest BCUT2D eigenvalue weighted by atomic mass is 9.95. The van der Waals surface area contributed by atoms with Crippen LogP contribution in [0.4, 0.5) is 0 Å². The van der Waals surface area contributed by atoms with Crippen LogP contribution in [0.15, 0.2) is 0 Å². The van der Waals surface area contributed by atoms with Gasteiger partial charge in [-0.1, -0.05) is 32.6 Å². The third-order valence-electron chi connectivity index (χ3n) is 2.97. The Hall–Kier alpha value is -0.370. The summed E-state index contributed by atoms with van der Waals surface area (Å²) < 4.78 is 0. The molecule has 1 unspecified atom stereocenters. The molecule has 1 rings (SSSR count). The quantitative estimate of drug-likeness (QED) is 0.709. The molecule has 13 heavy (non-hydrogen) atoms. The van der Waals surface area contributed by atoms with E-state index in [0.29, 0.717) is 30.6 Å². The van der Waals surface area contributed by atoms with E-state index in [-0.39, 0.29) is 0 Å². The molecule has 0 aromatic rings. The van der Waals surface area contributed by atoms with E-state index in [4.69, 9.17) is 5.73 Å². The van der Waals surface area contributed by atoms with Crippen molar-refractivity contribution in [1.29, 1.82) is 0 Å². The molecule has 0 aromatic heterocycles. The average molecular weight is 183 g/mol. The summed E-state index contributed by atoms with van der Waals surface area (Å²) in [6.07, 6.45) is 6.68. The summed E-state index contributed by atoms with van der Waals surface area (Å²) in [6.45, 7) is 2.68. The second kappa shape index (κ2) is 5.38. The Kier molecular flexibility index (Phi) is 4.43. The van der Waals surface area contributed by atoms with Crippen molar-refractivity contribution in [3.05, 3.63) is 0 Å². The molecule has 0 aromatic carbocycles. The summed E-state index contributed by atoms with van der Waals surface area (Å²) in [5, 5.41) is 0. The molecule has 2 N–H and O–H groups in total. The maximum Gasteiger partial charge on any atom is 0.133 e. The van der Waals surface area contributed by atoms with Crippen molar-refractivity contribution >= 4 is 5.78 Å². The van der Waals surface area contributed by atoms with Crippen molar-refractivity contribution in [2.45, 2.75) is 45.4 Å². The van der Waals surface area contributed by atoms with Crippen LogP contribution >= 0.6 is 0 Å². The van der Waals surface area contributed by atoms with Crippen LogP contribution in [0.5, 0.6) is 0 Å². The van der Waals surface area contributed by atoms with Crippen molar-refractivity contribution in [2.75, 3.05) is 6.54 Å². The number of hydrogen-bond donors (Lipinski definition) is 1. The Morgan fingerprint density at radius 1 is 1.46 bits per heavy atom. The van der Waals surface area contributed by atoms with Gasteiger partial charge < -0.3 is 5.73 Å². The zero-order chi connectivity index (χ0) is 9.68. The van der Waals surface area contributed by atoms with Crippen LogP contribution in [-0.2, 0) is 4.79 Å². The summed E-state index contributed by atoms with van der Waals surface area (Å²) in [6, 6.07) is 0. The van der Waals surface area contributed by atoms with Crippen molar-refractivity contribution in [3.63, 3.8) is 0 Å². The molecule has 1 aliphatic carbocycles. The number of carbonyl (C=O) groups is 1. The van der Waals surface area contributed by atoms with E-state index < -0.39 is 0 Å². The summed E-state index contributed by atoms with van der Waals surface area (Å²) in [5.41, 5.74) is 5.48. The van der Waals surface area contributed by atoms with Gasteiger partial charge in [-0.3, -0.25) is 4.79 Å². The highest BCUT2D eigenvalue weighted by Crippen LogP contribution is 2.28. The number of nitrogens with two attached hydrogens (primary N) is 1. The van der Waals surface area contributed by atoms with Gasteiger partial charge in [0.05, 0.1) is 0 Å². The first-order valence-corrected chi connectivity index (χ1v) is 5.44. The molecule has 0 saturated heterocycles. The van der Waals surface area contributed by atoms with Crippen molar-refractivity contribution < 1.29 is 4.79 Å². The van der Waals surface area contributed by atoms with Crippen LogP contribution in [0.25, 0.3) is 0 Å². The second-order valence-electron chi connectivity index (χ2n) is 4.44. The van der Waals surface area contributed by atoms with Gasteiger partial charge in [-0.05, 0) is 18.4 Å². The van der Waals surface area contributed by atoms with Crippen LogP contribution in [0.1, 0.15) is 45.4 Å². The molecule has 0 amide bonds. The molecule has 1 aliphatic rings. The predicted octanol–water partition coefficient (Wildman–Crippen LogP) is 2.12. The third-order valence-corrected chi connectivity index (χ3v) is 2.97. The standard InChI is InChI=1S/C11H21NO/c1-9(8-12)6-11(13)7-10-4-2-3-5-10/h9-10H,2-8,12H2,1H3. The van der Waals surface area contributed by atoms with Gasteiger partial charge in [-0.15, -0.1) is 0 Å². The fourth-order valence-corrected chi connectivity index (χ4v) is 2.09. The minimum Gasteiger partial charge on any atom is -0.330 e. The lowest BCUT2D eigenvalue weighted by Crippen LogP contribution is -2.16.